The van der Waals surface area contributed by atoms with Crippen molar-refractivity contribution in [2.45, 2.75) is 12.5 Å². The van der Waals surface area contributed by atoms with Crippen LogP contribution < -0.4 is 10.1 Å². The minimum Gasteiger partial charge on any atom is -0.491 e. The number of aromatic nitrogens is 1. The molecular weight excluding hydrogens is 300 g/mol. The number of nitrogens with zero attached hydrogens (tertiary/aromatic N) is 1. The van der Waals surface area contributed by atoms with Crippen molar-refractivity contribution in [1.82, 2.24) is 4.98 Å². The molecule has 4 nitrogen and oxygen atoms in total. The SMILES string of the molecule is C=CCc1ccccc1OCC(O)CNc1ccnc(Cl)c1. The van der Waals surface area contributed by atoms with Crippen LogP contribution in [0.25, 0.3) is 0 Å². The van der Waals surface area contributed by atoms with Crippen LogP contribution in [0.1, 0.15) is 5.56 Å². The highest BCUT2D eigenvalue weighted by Gasteiger charge is 2.07. The molecule has 0 saturated carbocycles. The molecule has 0 amide bonds. The largest absolute Gasteiger partial charge is 0.491 e. The number of pyridine rings is 1. The van der Waals surface area contributed by atoms with Gasteiger partial charge in [0.15, 0.2) is 0 Å². The Balaban J connectivity index is 1.83. The van der Waals surface area contributed by atoms with Gasteiger partial charge in [-0.1, -0.05) is 35.9 Å². The van der Waals surface area contributed by atoms with Crippen molar-refractivity contribution in [3.8, 4) is 5.75 Å². The van der Waals surface area contributed by atoms with Crippen molar-refractivity contribution in [2.75, 3.05) is 18.5 Å². The van der Waals surface area contributed by atoms with Crippen molar-refractivity contribution >= 4 is 17.3 Å². The van der Waals surface area contributed by atoms with E-state index in [1.165, 1.54) is 0 Å². The molecule has 2 aromatic rings. The Bertz CT molecular complexity index is 619. The number of allylic oxidation sites excluding steroid dienone is 1. The van der Waals surface area contributed by atoms with Crippen LogP contribution in [-0.4, -0.2) is 29.3 Å². The highest BCUT2D eigenvalue weighted by molar-refractivity contribution is 6.29. The average molecular weight is 319 g/mol. The van der Waals surface area contributed by atoms with Gasteiger partial charge in [-0.3, -0.25) is 0 Å². The number of rotatable bonds is 8. The van der Waals surface area contributed by atoms with Gasteiger partial charge in [0.2, 0.25) is 0 Å². The van der Waals surface area contributed by atoms with Crippen LogP contribution >= 0.6 is 11.6 Å². The van der Waals surface area contributed by atoms with Crippen LogP contribution in [0.5, 0.6) is 5.75 Å². The first-order chi connectivity index (χ1) is 10.7. The molecule has 0 aliphatic carbocycles. The third-order valence-corrected chi connectivity index (χ3v) is 3.24. The smallest absolute Gasteiger partial charge is 0.131 e. The summed E-state index contributed by atoms with van der Waals surface area (Å²) in [6.07, 6.45) is 3.54. The van der Waals surface area contributed by atoms with Crippen LogP contribution in [-0.2, 0) is 6.42 Å². The summed E-state index contributed by atoms with van der Waals surface area (Å²) < 4.78 is 5.69. The van der Waals surface area contributed by atoms with Gasteiger partial charge in [-0.25, -0.2) is 4.98 Å². The van der Waals surface area contributed by atoms with E-state index in [0.29, 0.717) is 11.7 Å². The molecule has 1 atom stereocenters. The molecule has 0 fully saturated rings. The maximum atomic E-state index is 10.0. The van der Waals surface area contributed by atoms with Gasteiger partial charge >= 0.3 is 0 Å². The quantitative estimate of drug-likeness (QED) is 0.579. The number of benzene rings is 1. The zero-order valence-corrected chi connectivity index (χ0v) is 13.0. The standard InChI is InChI=1S/C17H19ClN2O2/c1-2-5-13-6-3-4-7-16(13)22-12-15(21)11-20-14-8-9-19-17(18)10-14/h2-4,6-10,15,21H,1,5,11-12H2,(H,19,20). The molecule has 2 N–H and O–H groups in total. The van der Waals surface area contributed by atoms with Gasteiger partial charge in [-0.15, -0.1) is 6.58 Å². The number of ether oxygens (including phenoxy) is 1. The third-order valence-electron chi connectivity index (χ3n) is 3.04. The van der Waals surface area contributed by atoms with E-state index >= 15 is 0 Å². The van der Waals surface area contributed by atoms with Gasteiger partial charge in [0.05, 0.1) is 0 Å². The molecule has 0 saturated heterocycles. The maximum absolute atomic E-state index is 10.0. The van der Waals surface area contributed by atoms with E-state index in [2.05, 4.69) is 16.9 Å². The molecule has 0 radical (unpaired) electrons. The average Bonchev–Trinajstić information content (AvgIpc) is 2.52. The van der Waals surface area contributed by atoms with Gasteiger partial charge in [0.1, 0.15) is 23.6 Å². The van der Waals surface area contributed by atoms with Crippen LogP contribution in [0.4, 0.5) is 5.69 Å². The summed E-state index contributed by atoms with van der Waals surface area (Å²) in [6, 6.07) is 11.2. The number of anilines is 1. The number of hydrogen-bond donors (Lipinski definition) is 2. The van der Waals surface area contributed by atoms with Gasteiger partial charge in [0.25, 0.3) is 0 Å². The lowest BCUT2D eigenvalue weighted by atomic mass is 10.1. The monoisotopic (exact) mass is 318 g/mol. The highest BCUT2D eigenvalue weighted by atomic mass is 35.5. The van der Waals surface area contributed by atoms with Gasteiger partial charge in [-0.05, 0) is 30.2 Å². The lowest BCUT2D eigenvalue weighted by molar-refractivity contribution is 0.117. The van der Waals surface area contributed by atoms with Crippen molar-refractivity contribution in [1.29, 1.82) is 0 Å². The first kappa shape index (κ1) is 16.3. The summed E-state index contributed by atoms with van der Waals surface area (Å²) in [7, 11) is 0. The molecule has 0 spiro atoms. The predicted octanol–water partition coefficient (Wildman–Crippen LogP) is 3.32. The molecule has 1 unspecified atom stereocenters. The van der Waals surface area contributed by atoms with E-state index in [1.807, 2.05) is 30.3 Å². The number of halogens is 1. The number of para-hydroxylation sites is 1. The van der Waals surface area contributed by atoms with Gasteiger partial charge in [-0.2, -0.15) is 0 Å². The van der Waals surface area contributed by atoms with Crippen molar-refractivity contribution < 1.29 is 9.84 Å². The lowest BCUT2D eigenvalue weighted by Gasteiger charge is -2.15. The third kappa shape index (κ3) is 5.06. The van der Waals surface area contributed by atoms with Crippen LogP contribution in [0, 0.1) is 0 Å². The molecule has 2 rings (SSSR count). The highest BCUT2D eigenvalue weighted by Crippen LogP contribution is 2.19. The maximum Gasteiger partial charge on any atom is 0.131 e. The van der Waals surface area contributed by atoms with Crippen molar-refractivity contribution in [3.63, 3.8) is 0 Å². The first-order valence-electron chi connectivity index (χ1n) is 7.04. The second-order valence-electron chi connectivity index (χ2n) is 4.81. The molecular formula is C17H19ClN2O2. The molecule has 1 aromatic carbocycles. The minimum atomic E-state index is -0.635. The summed E-state index contributed by atoms with van der Waals surface area (Å²) in [4.78, 5) is 3.90. The zero-order chi connectivity index (χ0) is 15.8. The summed E-state index contributed by atoms with van der Waals surface area (Å²) in [6.45, 7) is 4.30. The molecule has 5 heteroatoms. The lowest BCUT2D eigenvalue weighted by Crippen LogP contribution is -2.26. The summed E-state index contributed by atoms with van der Waals surface area (Å²) >= 11 is 5.80. The van der Waals surface area contributed by atoms with E-state index in [1.54, 1.807) is 18.3 Å². The molecule has 0 aliphatic heterocycles. The van der Waals surface area contributed by atoms with E-state index < -0.39 is 6.10 Å². The fourth-order valence-corrected chi connectivity index (χ4v) is 2.14. The fraction of sp³-hybridized carbons (Fsp3) is 0.235. The van der Waals surface area contributed by atoms with Crippen molar-refractivity contribution in [2.24, 2.45) is 0 Å². The Morgan fingerprint density at radius 1 is 1.36 bits per heavy atom. The Labute approximate surface area is 135 Å². The second kappa shape index (κ2) is 8.41. The molecule has 1 heterocycles. The number of hydrogen-bond acceptors (Lipinski definition) is 4. The van der Waals surface area contributed by atoms with Crippen LogP contribution in [0.2, 0.25) is 5.15 Å². The summed E-state index contributed by atoms with van der Waals surface area (Å²) in [5.41, 5.74) is 1.87. The Kier molecular flexibility index (Phi) is 6.25. The first-order valence-corrected chi connectivity index (χ1v) is 7.42. The predicted molar refractivity (Wildman–Crippen MR) is 89.6 cm³/mol. The topological polar surface area (TPSA) is 54.4 Å². The number of nitrogens with one attached hydrogen (secondary N) is 1. The van der Waals surface area contributed by atoms with Gasteiger partial charge in [0, 0.05) is 18.4 Å². The van der Waals surface area contributed by atoms with Crippen molar-refractivity contribution in [3.05, 3.63) is 66.0 Å². The van der Waals surface area contributed by atoms with Crippen LogP contribution in [0.3, 0.4) is 0 Å². The van der Waals surface area contributed by atoms with E-state index in [-0.39, 0.29) is 6.61 Å². The minimum absolute atomic E-state index is 0.208. The molecule has 22 heavy (non-hydrogen) atoms. The zero-order valence-electron chi connectivity index (χ0n) is 12.2. The second-order valence-corrected chi connectivity index (χ2v) is 5.20. The Hall–Kier alpha value is -2.04. The van der Waals surface area contributed by atoms with E-state index in [9.17, 15) is 5.11 Å². The summed E-state index contributed by atoms with van der Waals surface area (Å²) in [5.74, 6) is 0.772. The normalized spacial score (nSPS) is 11.7. The molecule has 116 valence electrons. The van der Waals surface area contributed by atoms with E-state index in [4.69, 9.17) is 16.3 Å². The Morgan fingerprint density at radius 3 is 2.95 bits per heavy atom. The number of aliphatic hydroxyl groups excluding tert-OH is 1. The van der Waals surface area contributed by atoms with Crippen LogP contribution in [0.15, 0.2) is 55.3 Å². The fourth-order valence-electron chi connectivity index (χ4n) is 1.96. The Morgan fingerprint density at radius 2 is 2.18 bits per heavy atom. The van der Waals surface area contributed by atoms with Gasteiger partial charge < -0.3 is 15.2 Å². The molecule has 0 aliphatic rings. The molecule has 1 aromatic heterocycles. The molecule has 0 bridgehead atoms. The summed E-state index contributed by atoms with van der Waals surface area (Å²) in [5, 5.41) is 13.5. The number of aliphatic hydroxyl groups is 1. The van der Waals surface area contributed by atoms with E-state index in [0.717, 1.165) is 23.4 Å².